The third kappa shape index (κ3) is 8.15. The van der Waals surface area contributed by atoms with Gasteiger partial charge < -0.3 is 5.32 Å². The molecule has 1 amide bonds. The number of nitrogens with one attached hydrogen (secondary N) is 2. The molecule has 0 rings (SSSR count). The molecule has 0 fully saturated rings. The van der Waals surface area contributed by atoms with Crippen LogP contribution in [-0.4, -0.2) is 31.7 Å². The van der Waals surface area contributed by atoms with Gasteiger partial charge in [-0.3, -0.25) is 4.79 Å². The van der Waals surface area contributed by atoms with Crippen LogP contribution in [0, 0.1) is 0 Å². The number of carbonyl (C=O) groups is 1. The first-order chi connectivity index (χ1) is 7.57. The summed E-state index contributed by atoms with van der Waals surface area (Å²) in [6.45, 7) is 9.02. The minimum atomic E-state index is -3.35. The van der Waals surface area contributed by atoms with Crippen LogP contribution in [0.5, 0.6) is 0 Å². The molecule has 0 radical (unpaired) electrons. The van der Waals surface area contributed by atoms with Gasteiger partial charge in [-0.2, -0.15) is 0 Å². The number of unbranched alkanes of at least 4 members (excludes halogenated alkanes) is 1. The van der Waals surface area contributed by atoms with Gasteiger partial charge in [-0.1, -0.05) is 13.3 Å². The van der Waals surface area contributed by atoms with Crippen LogP contribution < -0.4 is 10.0 Å². The Hall–Kier alpha value is -0.620. The van der Waals surface area contributed by atoms with Crippen molar-refractivity contribution in [2.24, 2.45) is 0 Å². The van der Waals surface area contributed by atoms with E-state index in [9.17, 15) is 13.2 Å². The highest BCUT2D eigenvalue weighted by atomic mass is 32.2. The summed E-state index contributed by atoms with van der Waals surface area (Å²) in [5.74, 6) is -0.242. The summed E-state index contributed by atoms with van der Waals surface area (Å²) < 4.78 is 25.5. The van der Waals surface area contributed by atoms with Gasteiger partial charge in [0.1, 0.15) is 0 Å². The normalized spacial score (nSPS) is 14.4. The molecule has 0 unspecified atom stereocenters. The van der Waals surface area contributed by atoms with Crippen molar-refractivity contribution >= 4 is 15.9 Å². The molecule has 0 saturated heterocycles. The summed E-state index contributed by atoms with van der Waals surface area (Å²) in [4.78, 5) is 11.7. The Morgan fingerprint density at radius 1 is 1.29 bits per heavy atom. The molecular formula is C11H24N2O3S. The van der Waals surface area contributed by atoms with E-state index in [2.05, 4.69) is 10.0 Å². The summed E-state index contributed by atoms with van der Waals surface area (Å²) in [6, 6.07) is -0.740. The fourth-order valence-corrected chi connectivity index (χ4v) is 2.63. The zero-order valence-electron chi connectivity index (χ0n) is 11.3. The lowest BCUT2D eigenvalue weighted by Gasteiger charge is -2.23. The molecule has 0 aliphatic rings. The number of rotatable bonds is 6. The van der Waals surface area contributed by atoms with Crippen LogP contribution in [0.2, 0.25) is 0 Å². The molecule has 0 spiro atoms. The van der Waals surface area contributed by atoms with Crippen molar-refractivity contribution in [3.63, 3.8) is 0 Å². The maximum Gasteiger partial charge on any atom is 0.238 e. The smallest absolute Gasteiger partial charge is 0.238 e. The van der Waals surface area contributed by atoms with Gasteiger partial charge in [-0.15, -0.1) is 0 Å². The Morgan fingerprint density at radius 3 is 2.24 bits per heavy atom. The monoisotopic (exact) mass is 264 g/mol. The molecule has 6 heteroatoms. The van der Waals surface area contributed by atoms with Gasteiger partial charge in [-0.25, -0.2) is 13.1 Å². The SMILES string of the molecule is CCCCS(=O)(=O)N[C@H](C)C(=O)NC(C)(C)C. The predicted molar refractivity (Wildman–Crippen MR) is 69.2 cm³/mol. The van der Waals surface area contributed by atoms with Crippen molar-refractivity contribution in [2.45, 2.75) is 59.0 Å². The minimum Gasteiger partial charge on any atom is -0.350 e. The zero-order valence-corrected chi connectivity index (χ0v) is 12.1. The van der Waals surface area contributed by atoms with Gasteiger partial charge in [0.05, 0.1) is 11.8 Å². The molecule has 17 heavy (non-hydrogen) atoms. The Morgan fingerprint density at radius 2 is 1.82 bits per heavy atom. The highest BCUT2D eigenvalue weighted by molar-refractivity contribution is 7.89. The molecule has 0 aromatic carbocycles. The quantitative estimate of drug-likeness (QED) is 0.752. The van der Waals surface area contributed by atoms with Crippen LogP contribution in [0.4, 0.5) is 0 Å². The summed E-state index contributed by atoms with van der Waals surface area (Å²) >= 11 is 0. The Labute approximate surface area is 104 Å². The maximum absolute atomic E-state index is 11.7. The van der Waals surface area contributed by atoms with Gasteiger partial charge in [0.25, 0.3) is 0 Å². The van der Waals surface area contributed by atoms with E-state index in [1.54, 1.807) is 6.92 Å². The summed E-state index contributed by atoms with van der Waals surface area (Å²) in [5.41, 5.74) is -0.361. The van der Waals surface area contributed by atoms with Crippen LogP contribution >= 0.6 is 0 Å². The van der Waals surface area contributed by atoms with Crippen molar-refractivity contribution < 1.29 is 13.2 Å². The second kappa shape index (κ2) is 6.35. The van der Waals surface area contributed by atoms with E-state index in [1.807, 2.05) is 27.7 Å². The Kier molecular flexibility index (Phi) is 6.12. The first kappa shape index (κ1) is 16.4. The summed E-state index contributed by atoms with van der Waals surface area (Å²) in [5, 5.41) is 2.73. The number of carbonyl (C=O) groups excluding carboxylic acids is 1. The third-order valence-electron chi connectivity index (χ3n) is 2.01. The highest BCUT2D eigenvalue weighted by Crippen LogP contribution is 2.01. The fourth-order valence-electron chi connectivity index (χ4n) is 1.19. The number of amides is 1. The molecule has 0 heterocycles. The van der Waals surface area contributed by atoms with E-state index in [-0.39, 0.29) is 17.2 Å². The van der Waals surface area contributed by atoms with E-state index in [4.69, 9.17) is 0 Å². The first-order valence-electron chi connectivity index (χ1n) is 5.89. The first-order valence-corrected chi connectivity index (χ1v) is 7.54. The summed E-state index contributed by atoms with van der Waals surface area (Å²) in [7, 11) is -3.35. The van der Waals surface area contributed by atoms with Gasteiger partial charge in [0.2, 0.25) is 15.9 Å². The van der Waals surface area contributed by atoms with Crippen molar-refractivity contribution in [2.75, 3.05) is 5.75 Å². The molecule has 0 bridgehead atoms. The maximum atomic E-state index is 11.7. The fraction of sp³-hybridized carbons (Fsp3) is 0.909. The molecule has 1 atom stereocenters. The standard InChI is InChI=1S/C11H24N2O3S/c1-6-7-8-17(15,16)13-9(2)10(14)12-11(3,4)5/h9,13H,6-8H2,1-5H3,(H,12,14)/t9-/m1/s1. The Bertz CT molecular complexity index is 344. The molecule has 0 aliphatic heterocycles. The number of sulfonamides is 1. The van der Waals surface area contributed by atoms with E-state index >= 15 is 0 Å². The average molecular weight is 264 g/mol. The highest BCUT2D eigenvalue weighted by Gasteiger charge is 2.22. The molecule has 5 nitrogen and oxygen atoms in total. The molecule has 0 aromatic rings. The molecule has 0 aliphatic carbocycles. The van der Waals surface area contributed by atoms with Crippen molar-refractivity contribution in [3.05, 3.63) is 0 Å². The number of hydrogen-bond acceptors (Lipinski definition) is 3. The summed E-state index contributed by atoms with van der Waals surface area (Å²) in [6.07, 6.45) is 1.41. The van der Waals surface area contributed by atoms with Crippen LogP contribution in [0.25, 0.3) is 0 Å². The second-order valence-electron chi connectivity index (χ2n) is 5.25. The molecule has 102 valence electrons. The van der Waals surface area contributed by atoms with Crippen molar-refractivity contribution in [1.82, 2.24) is 10.0 Å². The van der Waals surface area contributed by atoms with E-state index < -0.39 is 16.1 Å². The molecular weight excluding hydrogens is 240 g/mol. The minimum absolute atomic E-state index is 0.0661. The largest absolute Gasteiger partial charge is 0.350 e. The molecule has 0 saturated carbocycles. The van der Waals surface area contributed by atoms with Crippen LogP contribution in [-0.2, 0) is 14.8 Å². The van der Waals surface area contributed by atoms with Gasteiger partial charge in [0, 0.05) is 5.54 Å². The lowest BCUT2D eigenvalue weighted by Crippen LogP contribution is -2.51. The predicted octanol–water partition coefficient (Wildman–Crippen LogP) is 1.01. The van der Waals surface area contributed by atoms with Gasteiger partial charge in [-0.05, 0) is 34.1 Å². The molecule has 2 N–H and O–H groups in total. The third-order valence-corrected chi connectivity index (χ3v) is 3.55. The topological polar surface area (TPSA) is 75.3 Å². The lowest BCUT2D eigenvalue weighted by molar-refractivity contribution is -0.123. The second-order valence-corrected chi connectivity index (χ2v) is 7.12. The Balaban J connectivity index is 4.34. The van der Waals surface area contributed by atoms with Crippen LogP contribution in [0.1, 0.15) is 47.5 Å². The van der Waals surface area contributed by atoms with E-state index in [0.717, 1.165) is 6.42 Å². The zero-order chi connectivity index (χ0) is 13.7. The van der Waals surface area contributed by atoms with E-state index in [1.165, 1.54) is 0 Å². The molecule has 0 aromatic heterocycles. The van der Waals surface area contributed by atoms with Gasteiger partial charge in [0.15, 0.2) is 0 Å². The van der Waals surface area contributed by atoms with Crippen molar-refractivity contribution in [3.8, 4) is 0 Å². The van der Waals surface area contributed by atoms with E-state index in [0.29, 0.717) is 6.42 Å². The van der Waals surface area contributed by atoms with Gasteiger partial charge >= 0.3 is 0 Å². The number of hydrogen-bond donors (Lipinski definition) is 2. The van der Waals surface area contributed by atoms with Crippen LogP contribution in [0.3, 0.4) is 0 Å². The van der Waals surface area contributed by atoms with Crippen molar-refractivity contribution in [1.29, 1.82) is 0 Å². The average Bonchev–Trinajstić information content (AvgIpc) is 2.11. The lowest BCUT2D eigenvalue weighted by atomic mass is 10.1. The van der Waals surface area contributed by atoms with Crippen LogP contribution in [0.15, 0.2) is 0 Å².